The predicted octanol–water partition coefficient (Wildman–Crippen LogP) is 1.47. The molecule has 1 heterocycles. The highest BCUT2D eigenvalue weighted by atomic mass is 35.5. The molecular formula is C6H9ClN2O. The summed E-state index contributed by atoms with van der Waals surface area (Å²) in [7, 11) is 0. The molecule has 1 aliphatic heterocycles. The molecular weight excluding hydrogens is 152 g/mol. The number of rotatable bonds is 0. The van der Waals surface area contributed by atoms with Gasteiger partial charge in [0.05, 0.1) is 12.6 Å². The van der Waals surface area contributed by atoms with Crippen molar-refractivity contribution in [2.75, 3.05) is 6.54 Å². The first-order valence-corrected chi connectivity index (χ1v) is 3.50. The highest BCUT2D eigenvalue weighted by Crippen LogP contribution is 2.10. The summed E-state index contributed by atoms with van der Waals surface area (Å²) in [6, 6.07) is 0.197. The predicted molar refractivity (Wildman–Crippen MR) is 40.5 cm³/mol. The molecule has 0 saturated heterocycles. The molecule has 0 aromatic heterocycles. The zero-order valence-electron chi connectivity index (χ0n) is 5.97. The lowest BCUT2D eigenvalue weighted by Crippen LogP contribution is -2.29. The van der Waals surface area contributed by atoms with E-state index in [1.54, 1.807) is 6.92 Å². The highest BCUT2D eigenvalue weighted by molar-refractivity contribution is 6.64. The van der Waals surface area contributed by atoms with Gasteiger partial charge in [-0.1, -0.05) is 0 Å². The number of carbonyl (C=O) groups is 1. The van der Waals surface area contributed by atoms with Crippen molar-refractivity contribution in [2.45, 2.75) is 19.9 Å². The summed E-state index contributed by atoms with van der Waals surface area (Å²) in [5, 5.41) is -0.439. The number of hydrogen-bond donors (Lipinski definition) is 0. The number of amidine groups is 1. The van der Waals surface area contributed by atoms with Gasteiger partial charge in [0.1, 0.15) is 5.84 Å². The maximum atomic E-state index is 10.6. The molecule has 3 nitrogen and oxygen atoms in total. The van der Waals surface area contributed by atoms with Gasteiger partial charge < -0.3 is 0 Å². The van der Waals surface area contributed by atoms with Crippen LogP contribution in [0.1, 0.15) is 13.8 Å². The van der Waals surface area contributed by atoms with Crippen molar-refractivity contribution in [3.8, 4) is 0 Å². The van der Waals surface area contributed by atoms with Gasteiger partial charge in [-0.2, -0.15) is 0 Å². The lowest BCUT2D eigenvalue weighted by Gasteiger charge is -2.10. The Kier molecular flexibility index (Phi) is 1.94. The summed E-state index contributed by atoms with van der Waals surface area (Å²) in [5.41, 5.74) is 0. The normalized spacial score (nSPS) is 24.9. The number of halogens is 1. The van der Waals surface area contributed by atoms with Crippen LogP contribution in [0.2, 0.25) is 0 Å². The molecule has 0 radical (unpaired) electrons. The van der Waals surface area contributed by atoms with Crippen LogP contribution >= 0.6 is 11.6 Å². The molecule has 0 aromatic carbocycles. The van der Waals surface area contributed by atoms with Crippen LogP contribution in [-0.4, -0.2) is 28.7 Å². The van der Waals surface area contributed by atoms with Gasteiger partial charge in [0.2, 0.25) is 0 Å². The third-order valence-electron chi connectivity index (χ3n) is 1.46. The van der Waals surface area contributed by atoms with Gasteiger partial charge in [-0.3, -0.25) is 14.7 Å². The quantitative estimate of drug-likeness (QED) is 0.390. The summed E-state index contributed by atoms with van der Waals surface area (Å²) < 4.78 is 0. The zero-order chi connectivity index (χ0) is 7.72. The van der Waals surface area contributed by atoms with Gasteiger partial charge in [-0.15, -0.1) is 0 Å². The molecule has 1 rings (SSSR count). The van der Waals surface area contributed by atoms with Crippen LogP contribution in [0.15, 0.2) is 4.99 Å². The fourth-order valence-corrected chi connectivity index (χ4v) is 1.22. The van der Waals surface area contributed by atoms with E-state index in [4.69, 9.17) is 11.6 Å². The number of carbonyl (C=O) groups excluding carboxylic acids is 1. The second-order valence-electron chi connectivity index (χ2n) is 2.39. The first-order valence-electron chi connectivity index (χ1n) is 3.12. The summed E-state index contributed by atoms with van der Waals surface area (Å²) in [6.45, 7) is 4.35. The minimum absolute atomic E-state index is 0.197. The van der Waals surface area contributed by atoms with Gasteiger partial charge >= 0.3 is 5.37 Å². The topological polar surface area (TPSA) is 32.7 Å². The van der Waals surface area contributed by atoms with Crippen molar-refractivity contribution in [1.29, 1.82) is 0 Å². The second-order valence-corrected chi connectivity index (χ2v) is 2.71. The van der Waals surface area contributed by atoms with Crippen molar-refractivity contribution in [1.82, 2.24) is 4.90 Å². The number of hydrogen-bond acceptors (Lipinski definition) is 2. The van der Waals surface area contributed by atoms with Crippen molar-refractivity contribution in [2.24, 2.45) is 4.99 Å². The van der Waals surface area contributed by atoms with E-state index in [-0.39, 0.29) is 6.04 Å². The molecule has 10 heavy (non-hydrogen) atoms. The summed E-state index contributed by atoms with van der Waals surface area (Å²) >= 11 is 5.25. The van der Waals surface area contributed by atoms with E-state index in [0.717, 1.165) is 0 Å². The van der Waals surface area contributed by atoms with Crippen molar-refractivity contribution in [3.05, 3.63) is 0 Å². The van der Waals surface area contributed by atoms with Crippen LogP contribution in [0.3, 0.4) is 0 Å². The lowest BCUT2D eigenvalue weighted by atomic mass is 10.4. The molecule has 0 bridgehead atoms. The molecule has 1 amide bonds. The van der Waals surface area contributed by atoms with E-state index in [1.807, 2.05) is 6.92 Å². The Labute approximate surface area is 64.7 Å². The van der Waals surface area contributed by atoms with Gasteiger partial charge in [0.25, 0.3) is 0 Å². The Hall–Kier alpha value is -0.570. The van der Waals surface area contributed by atoms with Crippen molar-refractivity contribution >= 4 is 22.8 Å². The van der Waals surface area contributed by atoms with E-state index in [0.29, 0.717) is 12.4 Å². The van der Waals surface area contributed by atoms with Gasteiger partial charge in [-0.05, 0) is 25.4 Å². The number of aliphatic imine (C=N–C) groups is 1. The van der Waals surface area contributed by atoms with Crippen LogP contribution in [0.5, 0.6) is 0 Å². The molecule has 0 saturated carbocycles. The molecule has 1 unspecified atom stereocenters. The molecule has 0 spiro atoms. The molecule has 0 fully saturated rings. The Morgan fingerprint density at radius 3 is 2.70 bits per heavy atom. The monoisotopic (exact) mass is 160 g/mol. The average Bonchev–Trinajstić information content (AvgIpc) is 2.10. The molecule has 1 aliphatic rings. The van der Waals surface area contributed by atoms with Gasteiger partial charge in [0, 0.05) is 0 Å². The number of nitrogens with zero attached hydrogens (tertiary/aromatic N) is 2. The van der Waals surface area contributed by atoms with E-state index >= 15 is 0 Å². The first-order chi connectivity index (χ1) is 4.61. The fourth-order valence-electron chi connectivity index (χ4n) is 1.02. The van der Waals surface area contributed by atoms with E-state index in [2.05, 4.69) is 4.99 Å². The third-order valence-corrected chi connectivity index (χ3v) is 1.66. The molecule has 0 aliphatic carbocycles. The van der Waals surface area contributed by atoms with Crippen molar-refractivity contribution < 1.29 is 4.79 Å². The Morgan fingerprint density at radius 1 is 1.90 bits per heavy atom. The van der Waals surface area contributed by atoms with Crippen LogP contribution < -0.4 is 0 Å². The molecule has 0 N–H and O–H groups in total. The van der Waals surface area contributed by atoms with Gasteiger partial charge in [0.15, 0.2) is 0 Å². The zero-order valence-corrected chi connectivity index (χ0v) is 6.72. The smallest absolute Gasteiger partial charge is 0.285 e. The van der Waals surface area contributed by atoms with Gasteiger partial charge in [-0.25, -0.2) is 0 Å². The molecule has 0 aromatic rings. The van der Waals surface area contributed by atoms with E-state index in [1.165, 1.54) is 4.90 Å². The van der Waals surface area contributed by atoms with E-state index < -0.39 is 5.37 Å². The van der Waals surface area contributed by atoms with Crippen LogP contribution in [0.4, 0.5) is 4.79 Å². The fraction of sp³-hybridized carbons (Fsp3) is 0.667. The maximum Gasteiger partial charge on any atom is 0.321 e. The van der Waals surface area contributed by atoms with Crippen LogP contribution in [-0.2, 0) is 0 Å². The standard InChI is InChI=1S/C6H9ClN2O/c1-4-3-9(6(7)10)5(2)8-4/h4H,3H2,1-2H3. The van der Waals surface area contributed by atoms with Crippen molar-refractivity contribution in [3.63, 3.8) is 0 Å². The summed E-state index contributed by atoms with van der Waals surface area (Å²) in [4.78, 5) is 16.2. The molecule has 1 atom stereocenters. The minimum atomic E-state index is -0.439. The maximum absolute atomic E-state index is 10.6. The van der Waals surface area contributed by atoms with Crippen LogP contribution in [0.25, 0.3) is 0 Å². The lowest BCUT2D eigenvalue weighted by molar-refractivity contribution is 0.244. The number of amides is 1. The summed E-state index contributed by atoms with van der Waals surface area (Å²) in [5.74, 6) is 0.715. The Balaban J connectivity index is 2.68. The Bertz CT molecular complexity index is 190. The SMILES string of the molecule is CC1=NC(C)CN1C(=O)Cl. The van der Waals surface area contributed by atoms with E-state index in [9.17, 15) is 4.79 Å². The summed E-state index contributed by atoms with van der Waals surface area (Å²) in [6.07, 6.45) is 0. The van der Waals surface area contributed by atoms with Crippen LogP contribution in [0, 0.1) is 0 Å². The molecule has 56 valence electrons. The highest BCUT2D eigenvalue weighted by Gasteiger charge is 2.22. The largest absolute Gasteiger partial charge is 0.321 e. The first kappa shape index (κ1) is 7.54. The Morgan fingerprint density at radius 2 is 2.50 bits per heavy atom. The third kappa shape index (κ3) is 1.29. The second kappa shape index (κ2) is 2.58. The molecule has 4 heteroatoms. The average molecular weight is 161 g/mol. The minimum Gasteiger partial charge on any atom is -0.285 e.